The van der Waals surface area contributed by atoms with Crippen molar-refractivity contribution in [2.24, 2.45) is 0 Å². The molecule has 1 aliphatic rings. The number of nitro groups is 1. The number of non-ortho nitro benzene ring substituents is 1. The minimum atomic E-state index is -0.601. The molecule has 4 rings (SSSR count). The normalized spacial score (nSPS) is 13.7. The van der Waals surface area contributed by atoms with Crippen molar-refractivity contribution in [1.29, 1.82) is 0 Å². The van der Waals surface area contributed by atoms with Crippen molar-refractivity contribution >= 4 is 34.4 Å². The summed E-state index contributed by atoms with van der Waals surface area (Å²) in [5.41, 5.74) is 2.82. The largest absolute Gasteiger partial charge is 0.350 e. The molecule has 1 N–H and O–H groups in total. The van der Waals surface area contributed by atoms with Crippen molar-refractivity contribution in [2.75, 3.05) is 10.2 Å². The van der Waals surface area contributed by atoms with Crippen LogP contribution in [0.15, 0.2) is 72.4 Å². The number of imide groups is 1. The standard InChI is InChI=1S/C24H18FN3O4/c1-14-6-9-20(12-15(14)2)27-23(29)21(16-7-10-19(11-8-16)28(31)32)22(24(27)30)26-18-5-3-4-17(25)13-18/h3-13,26H,1-2H3. The Morgan fingerprint density at radius 1 is 0.906 bits per heavy atom. The Balaban J connectivity index is 1.83. The number of nitrogens with one attached hydrogen (secondary N) is 1. The number of carbonyl (C=O) groups is 2. The molecule has 0 spiro atoms. The second-order valence-corrected chi connectivity index (χ2v) is 7.40. The number of amides is 2. The molecular formula is C24H18FN3O4. The Morgan fingerprint density at radius 3 is 2.25 bits per heavy atom. The van der Waals surface area contributed by atoms with E-state index in [1.807, 2.05) is 19.9 Å². The Labute approximate surface area is 182 Å². The summed E-state index contributed by atoms with van der Waals surface area (Å²) in [4.78, 5) is 38.2. The maximum absolute atomic E-state index is 13.7. The van der Waals surface area contributed by atoms with Crippen LogP contribution < -0.4 is 10.2 Å². The summed E-state index contributed by atoms with van der Waals surface area (Å²) in [7, 11) is 0. The van der Waals surface area contributed by atoms with Crippen LogP contribution in [0.25, 0.3) is 5.57 Å². The van der Waals surface area contributed by atoms with Gasteiger partial charge in [0.15, 0.2) is 0 Å². The second kappa shape index (κ2) is 8.07. The number of nitro benzene ring substituents is 1. The first kappa shape index (κ1) is 20.9. The molecule has 32 heavy (non-hydrogen) atoms. The average Bonchev–Trinajstić information content (AvgIpc) is 3.00. The molecule has 0 saturated heterocycles. The molecule has 1 heterocycles. The van der Waals surface area contributed by atoms with E-state index in [-0.39, 0.29) is 17.0 Å². The number of hydrogen-bond donors (Lipinski definition) is 1. The lowest BCUT2D eigenvalue weighted by atomic mass is 10.0. The van der Waals surface area contributed by atoms with E-state index in [4.69, 9.17) is 0 Å². The smallest absolute Gasteiger partial charge is 0.282 e. The van der Waals surface area contributed by atoms with Crippen LogP contribution in [-0.4, -0.2) is 16.7 Å². The van der Waals surface area contributed by atoms with Crippen LogP contribution in [0.2, 0.25) is 0 Å². The van der Waals surface area contributed by atoms with Crippen LogP contribution in [-0.2, 0) is 9.59 Å². The molecule has 8 heteroatoms. The van der Waals surface area contributed by atoms with Gasteiger partial charge in [-0.15, -0.1) is 0 Å². The highest BCUT2D eigenvalue weighted by Gasteiger charge is 2.40. The average molecular weight is 431 g/mol. The molecule has 0 fully saturated rings. The van der Waals surface area contributed by atoms with Crippen molar-refractivity contribution in [3.8, 4) is 0 Å². The van der Waals surface area contributed by atoms with Crippen molar-refractivity contribution in [3.05, 3.63) is 105 Å². The Morgan fingerprint density at radius 2 is 1.62 bits per heavy atom. The third-order valence-electron chi connectivity index (χ3n) is 5.29. The predicted octanol–water partition coefficient (Wildman–Crippen LogP) is 4.75. The molecule has 160 valence electrons. The number of carbonyl (C=O) groups excluding carboxylic acids is 2. The number of hydrogen-bond acceptors (Lipinski definition) is 5. The zero-order chi connectivity index (χ0) is 23.0. The number of anilines is 2. The third-order valence-corrected chi connectivity index (χ3v) is 5.29. The Kier molecular flexibility index (Phi) is 5.28. The van der Waals surface area contributed by atoms with Gasteiger partial charge in [-0.05, 0) is 73.0 Å². The van der Waals surface area contributed by atoms with Crippen LogP contribution >= 0.6 is 0 Å². The van der Waals surface area contributed by atoms with Gasteiger partial charge in [-0.2, -0.15) is 0 Å². The number of halogens is 1. The van der Waals surface area contributed by atoms with E-state index in [0.29, 0.717) is 16.9 Å². The zero-order valence-electron chi connectivity index (χ0n) is 17.3. The highest BCUT2D eigenvalue weighted by Crippen LogP contribution is 2.35. The van der Waals surface area contributed by atoms with Crippen molar-refractivity contribution < 1.29 is 18.9 Å². The Hall–Kier alpha value is -4.33. The van der Waals surface area contributed by atoms with Gasteiger partial charge >= 0.3 is 0 Å². The number of benzene rings is 3. The number of nitrogens with zero attached hydrogens (tertiary/aromatic N) is 2. The van der Waals surface area contributed by atoms with Gasteiger partial charge in [0.1, 0.15) is 11.5 Å². The van der Waals surface area contributed by atoms with Gasteiger partial charge in [-0.3, -0.25) is 19.7 Å². The molecule has 1 aliphatic heterocycles. The molecule has 0 aliphatic carbocycles. The topological polar surface area (TPSA) is 92.6 Å². The van der Waals surface area contributed by atoms with Gasteiger partial charge in [-0.1, -0.05) is 12.1 Å². The quantitative estimate of drug-likeness (QED) is 0.358. The van der Waals surface area contributed by atoms with Gasteiger partial charge in [0, 0.05) is 17.8 Å². The zero-order valence-corrected chi connectivity index (χ0v) is 17.3. The first-order valence-electron chi connectivity index (χ1n) is 9.74. The number of aryl methyl sites for hydroxylation is 2. The second-order valence-electron chi connectivity index (χ2n) is 7.40. The maximum atomic E-state index is 13.7. The molecule has 0 atom stereocenters. The van der Waals surface area contributed by atoms with Gasteiger partial charge in [0.25, 0.3) is 17.5 Å². The van der Waals surface area contributed by atoms with Crippen LogP contribution in [0, 0.1) is 29.8 Å². The molecule has 0 saturated carbocycles. The molecule has 2 amide bonds. The predicted molar refractivity (Wildman–Crippen MR) is 118 cm³/mol. The molecule has 3 aromatic carbocycles. The van der Waals surface area contributed by atoms with Crippen molar-refractivity contribution in [3.63, 3.8) is 0 Å². The highest BCUT2D eigenvalue weighted by molar-refractivity contribution is 6.46. The van der Waals surface area contributed by atoms with Crippen LogP contribution in [0.3, 0.4) is 0 Å². The summed E-state index contributed by atoms with van der Waals surface area (Å²) < 4.78 is 13.7. The molecule has 0 bridgehead atoms. The van der Waals surface area contributed by atoms with E-state index in [2.05, 4.69) is 5.32 Å². The minimum absolute atomic E-state index is 0.0346. The molecule has 0 aromatic heterocycles. The molecule has 0 unspecified atom stereocenters. The maximum Gasteiger partial charge on any atom is 0.282 e. The van der Waals surface area contributed by atoms with E-state index < -0.39 is 22.6 Å². The van der Waals surface area contributed by atoms with Gasteiger partial charge < -0.3 is 5.32 Å². The van der Waals surface area contributed by atoms with Crippen LogP contribution in [0.4, 0.5) is 21.5 Å². The molecule has 7 nitrogen and oxygen atoms in total. The summed E-state index contributed by atoms with van der Waals surface area (Å²) in [6, 6.07) is 16.1. The minimum Gasteiger partial charge on any atom is -0.350 e. The van der Waals surface area contributed by atoms with E-state index in [1.54, 1.807) is 18.2 Å². The monoisotopic (exact) mass is 431 g/mol. The summed E-state index contributed by atoms with van der Waals surface area (Å²) in [5.74, 6) is -1.68. The van der Waals surface area contributed by atoms with E-state index >= 15 is 0 Å². The van der Waals surface area contributed by atoms with Gasteiger partial charge in [0.05, 0.1) is 16.2 Å². The summed E-state index contributed by atoms with van der Waals surface area (Å²) in [6.45, 7) is 3.80. The first-order chi connectivity index (χ1) is 15.3. The fourth-order valence-corrected chi connectivity index (χ4v) is 3.47. The summed E-state index contributed by atoms with van der Waals surface area (Å²) in [6.07, 6.45) is 0. The van der Waals surface area contributed by atoms with E-state index in [1.165, 1.54) is 42.5 Å². The fourth-order valence-electron chi connectivity index (χ4n) is 3.47. The highest BCUT2D eigenvalue weighted by atomic mass is 19.1. The summed E-state index contributed by atoms with van der Waals surface area (Å²) in [5, 5.41) is 13.9. The third kappa shape index (κ3) is 3.74. The Bertz CT molecular complexity index is 1300. The van der Waals surface area contributed by atoms with Gasteiger partial charge in [-0.25, -0.2) is 9.29 Å². The van der Waals surface area contributed by atoms with Crippen LogP contribution in [0.1, 0.15) is 16.7 Å². The fraction of sp³-hybridized carbons (Fsp3) is 0.0833. The lowest BCUT2D eigenvalue weighted by molar-refractivity contribution is -0.384. The van der Waals surface area contributed by atoms with Crippen molar-refractivity contribution in [2.45, 2.75) is 13.8 Å². The first-order valence-corrected chi connectivity index (χ1v) is 9.74. The number of rotatable bonds is 5. The van der Waals surface area contributed by atoms with Crippen molar-refractivity contribution in [1.82, 2.24) is 0 Å². The van der Waals surface area contributed by atoms with Gasteiger partial charge in [0.2, 0.25) is 0 Å². The van der Waals surface area contributed by atoms with Crippen LogP contribution in [0.5, 0.6) is 0 Å². The molecule has 3 aromatic rings. The lowest BCUT2D eigenvalue weighted by Gasteiger charge is -2.17. The summed E-state index contributed by atoms with van der Waals surface area (Å²) >= 11 is 0. The molecule has 0 radical (unpaired) electrons. The van der Waals surface area contributed by atoms with E-state index in [9.17, 15) is 24.1 Å². The lowest BCUT2D eigenvalue weighted by Crippen LogP contribution is -2.32. The molecular weight excluding hydrogens is 413 g/mol. The van der Waals surface area contributed by atoms with E-state index in [0.717, 1.165) is 16.0 Å². The SMILES string of the molecule is Cc1ccc(N2C(=O)C(Nc3cccc(F)c3)=C(c3ccc([N+](=O)[O-])cc3)C2=O)cc1C.